The average molecular weight is 222 g/mol. The van der Waals surface area contributed by atoms with Crippen molar-refractivity contribution in [2.45, 2.75) is 42.5 Å². The van der Waals surface area contributed by atoms with Gasteiger partial charge in [-0.2, -0.15) is 0 Å². The van der Waals surface area contributed by atoms with E-state index in [4.69, 9.17) is 5.11 Å². The van der Waals surface area contributed by atoms with E-state index in [0.717, 1.165) is 0 Å². The topological polar surface area (TPSA) is 138 Å². The molecule has 0 aromatic rings. The Kier molecular flexibility index (Phi) is 3.44. The number of carbonyl (C=O) groups is 1. The molecule has 0 saturated heterocycles. The maximum absolute atomic E-state index is 10.3. The summed E-state index contributed by atoms with van der Waals surface area (Å²) in [5.74, 6) is 0. The summed E-state index contributed by atoms with van der Waals surface area (Å²) in [5, 5.41) is 56.2. The lowest BCUT2D eigenvalue weighted by Crippen LogP contribution is -2.70. The highest BCUT2D eigenvalue weighted by Gasteiger charge is 2.57. The van der Waals surface area contributed by atoms with Gasteiger partial charge in [0.15, 0.2) is 0 Å². The molecule has 1 aliphatic carbocycles. The smallest absolute Gasteiger partial charge is 0.128 e. The lowest BCUT2D eigenvalue weighted by Gasteiger charge is -2.46. The predicted octanol–water partition coefficient (Wildman–Crippen LogP) is -3.88. The van der Waals surface area contributed by atoms with Crippen LogP contribution in [0.25, 0.3) is 0 Å². The van der Waals surface area contributed by atoms with Crippen molar-refractivity contribution in [3.8, 4) is 0 Å². The van der Waals surface area contributed by atoms with Crippen LogP contribution in [0.3, 0.4) is 0 Å². The van der Waals surface area contributed by atoms with E-state index < -0.39 is 42.5 Å². The van der Waals surface area contributed by atoms with Crippen LogP contribution in [-0.2, 0) is 4.79 Å². The number of aliphatic hydroxyl groups is 6. The Hall–Kier alpha value is -0.570. The molecule has 0 aromatic carbocycles. The normalized spacial score (nSPS) is 51.5. The summed E-state index contributed by atoms with van der Waals surface area (Å²) in [7, 11) is 0. The molecule has 0 bridgehead atoms. The first-order valence-electron chi connectivity index (χ1n) is 4.42. The molecule has 6 N–H and O–H groups in total. The lowest BCUT2D eigenvalue weighted by molar-refractivity contribution is -0.267. The van der Waals surface area contributed by atoms with Crippen molar-refractivity contribution in [3.63, 3.8) is 0 Å². The van der Waals surface area contributed by atoms with Gasteiger partial charge in [0.05, 0.1) is 0 Å². The van der Waals surface area contributed by atoms with Gasteiger partial charge in [-0.1, -0.05) is 0 Å². The molecule has 15 heavy (non-hydrogen) atoms. The molecule has 0 radical (unpaired) electrons. The van der Waals surface area contributed by atoms with Crippen molar-refractivity contribution in [2.75, 3.05) is 0 Å². The predicted molar refractivity (Wildman–Crippen MR) is 45.7 cm³/mol. The van der Waals surface area contributed by atoms with E-state index in [-0.39, 0.29) is 6.29 Å². The number of hydrogen-bond acceptors (Lipinski definition) is 7. The van der Waals surface area contributed by atoms with Gasteiger partial charge in [0.1, 0.15) is 42.4 Å². The number of hydrogen-bond donors (Lipinski definition) is 6. The van der Waals surface area contributed by atoms with E-state index in [1.165, 1.54) is 0 Å². The van der Waals surface area contributed by atoms with Crippen LogP contribution < -0.4 is 0 Å². The molecule has 0 aliphatic heterocycles. The van der Waals surface area contributed by atoms with Gasteiger partial charge in [0.2, 0.25) is 0 Å². The molecule has 1 rings (SSSR count). The van der Waals surface area contributed by atoms with Crippen LogP contribution >= 0.6 is 0 Å². The van der Waals surface area contributed by atoms with Crippen molar-refractivity contribution in [1.82, 2.24) is 0 Å². The Morgan fingerprint density at radius 2 is 1.33 bits per heavy atom. The Morgan fingerprint density at radius 3 is 1.67 bits per heavy atom. The van der Waals surface area contributed by atoms with Crippen molar-refractivity contribution in [2.24, 2.45) is 0 Å². The average Bonchev–Trinajstić information content (AvgIpc) is 2.22. The van der Waals surface area contributed by atoms with Gasteiger partial charge in [-0.3, -0.25) is 0 Å². The summed E-state index contributed by atoms with van der Waals surface area (Å²) >= 11 is 0. The van der Waals surface area contributed by atoms with E-state index in [0.29, 0.717) is 0 Å². The Bertz CT molecular complexity index is 227. The summed E-state index contributed by atoms with van der Waals surface area (Å²) in [6.07, 6.45) is -9.66. The molecule has 1 aliphatic rings. The summed E-state index contributed by atoms with van der Waals surface area (Å²) in [6.45, 7) is 0. The first-order valence-corrected chi connectivity index (χ1v) is 4.42. The molecule has 0 spiro atoms. The molecule has 2 unspecified atom stereocenters. The van der Waals surface area contributed by atoms with Crippen LogP contribution in [0.15, 0.2) is 0 Å². The molecule has 0 heterocycles. The molecule has 1 fully saturated rings. The van der Waals surface area contributed by atoms with Crippen LogP contribution in [0, 0.1) is 0 Å². The number of rotatable bonds is 2. The minimum atomic E-state index is -2.35. The van der Waals surface area contributed by atoms with Gasteiger partial charge in [-0.25, -0.2) is 0 Å². The van der Waals surface area contributed by atoms with Gasteiger partial charge in [0.25, 0.3) is 0 Å². The van der Waals surface area contributed by atoms with E-state index in [2.05, 4.69) is 0 Å². The fraction of sp³-hybridized carbons (Fsp3) is 0.875. The minimum absolute atomic E-state index is 0.240. The first-order chi connectivity index (χ1) is 6.86. The number of aliphatic hydroxyl groups excluding tert-OH is 5. The second kappa shape index (κ2) is 4.12. The third kappa shape index (κ3) is 1.78. The summed E-state index contributed by atoms with van der Waals surface area (Å²) in [5.41, 5.74) is -2.35. The molecule has 0 aromatic heterocycles. The Labute approximate surface area is 85.2 Å². The third-order valence-corrected chi connectivity index (χ3v) is 2.78. The van der Waals surface area contributed by atoms with Gasteiger partial charge < -0.3 is 35.4 Å². The fourth-order valence-electron chi connectivity index (χ4n) is 1.72. The van der Waals surface area contributed by atoms with Crippen LogP contribution in [0.5, 0.6) is 0 Å². The zero-order valence-corrected chi connectivity index (χ0v) is 7.76. The Morgan fingerprint density at radius 1 is 0.933 bits per heavy atom. The van der Waals surface area contributed by atoms with E-state index in [1.54, 1.807) is 0 Å². The summed E-state index contributed by atoms with van der Waals surface area (Å²) in [6, 6.07) is 0. The molecule has 1 saturated carbocycles. The van der Waals surface area contributed by atoms with E-state index >= 15 is 0 Å². The van der Waals surface area contributed by atoms with Gasteiger partial charge in [-0.15, -0.1) is 0 Å². The van der Waals surface area contributed by atoms with Gasteiger partial charge >= 0.3 is 0 Å². The van der Waals surface area contributed by atoms with Crippen molar-refractivity contribution >= 4 is 6.29 Å². The van der Waals surface area contributed by atoms with Crippen LogP contribution in [0.1, 0.15) is 6.42 Å². The molecule has 7 heteroatoms. The summed E-state index contributed by atoms with van der Waals surface area (Å²) in [4.78, 5) is 10.3. The molecular formula is C8H14O7. The molecule has 88 valence electrons. The van der Waals surface area contributed by atoms with Crippen LogP contribution in [0.2, 0.25) is 0 Å². The number of carbonyl (C=O) groups excluding carboxylic acids is 1. The minimum Gasteiger partial charge on any atom is -0.387 e. The third-order valence-electron chi connectivity index (χ3n) is 2.78. The zero-order valence-electron chi connectivity index (χ0n) is 7.76. The maximum Gasteiger partial charge on any atom is 0.128 e. The van der Waals surface area contributed by atoms with Crippen molar-refractivity contribution < 1.29 is 35.4 Å². The first kappa shape index (κ1) is 12.5. The molecule has 6 atom stereocenters. The molecule has 0 amide bonds. The second-order valence-electron chi connectivity index (χ2n) is 3.72. The highest BCUT2D eigenvalue weighted by atomic mass is 16.4. The molecule has 7 nitrogen and oxygen atoms in total. The van der Waals surface area contributed by atoms with Crippen LogP contribution in [-0.4, -0.2) is 73.0 Å². The monoisotopic (exact) mass is 222 g/mol. The maximum atomic E-state index is 10.3. The highest BCUT2D eigenvalue weighted by molar-refractivity contribution is 5.52. The number of aldehydes is 1. The van der Waals surface area contributed by atoms with Crippen LogP contribution in [0.4, 0.5) is 0 Å². The summed E-state index contributed by atoms with van der Waals surface area (Å²) < 4.78 is 0. The van der Waals surface area contributed by atoms with Crippen molar-refractivity contribution in [3.05, 3.63) is 0 Å². The SMILES string of the molecule is O=CCC1(O)[C@H](O)[C@H](O)C(O)[C@H](O)[C@H]1O. The van der Waals surface area contributed by atoms with Gasteiger partial charge in [0, 0.05) is 6.42 Å². The lowest BCUT2D eigenvalue weighted by atomic mass is 9.73. The van der Waals surface area contributed by atoms with E-state index in [9.17, 15) is 30.3 Å². The standard InChI is InChI=1S/C8H14O7/c9-2-1-8(15)6(13)4(11)3(10)5(12)7(8)14/h2-7,10-15H,1H2/t3?,4-,5+,6-,7-,8?/m1/s1. The zero-order chi connectivity index (χ0) is 11.8. The molecular weight excluding hydrogens is 208 g/mol. The van der Waals surface area contributed by atoms with E-state index in [1.807, 2.05) is 0 Å². The highest BCUT2D eigenvalue weighted by Crippen LogP contribution is 2.32. The fourth-order valence-corrected chi connectivity index (χ4v) is 1.72. The quantitative estimate of drug-likeness (QED) is 0.263. The largest absolute Gasteiger partial charge is 0.387 e. The second-order valence-corrected chi connectivity index (χ2v) is 3.72. The Balaban J connectivity index is 3.00. The van der Waals surface area contributed by atoms with Gasteiger partial charge in [-0.05, 0) is 0 Å². The van der Waals surface area contributed by atoms with Crippen molar-refractivity contribution in [1.29, 1.82) is 0 Å².